The second kappa shape index (κ2) is 7.21. The van der Waals surface area contributed by atoms with E-state index < -0.39 is 0 Å². The van der Waals surface area contributed by atoms with Crippen LogP contribution in [0.3, 0.4) is 0 Å². The lowest BCUT2D eigenvalue weighted by molar-refractivity contribution is 0.374. The number of fused-ring (bicyclic) bond motifs is 1. The van der Waals surface area contributed by atoms with E-state index in [0.717, 1.165) is 31.8 Å². The summed E-state index contributed by atoms with van der Waals surface area (Å²) >= 11 is 0. The van der Waals surface area contributed by atoms with E-state index in [1.165, 1.54) is 62.3 Å². The van der Waals surface area contributed by atoms with E-state index in [0.29, 0.717) is 0 Å². The number of rotatable bonds is 4. The van der Waals surface area contributed by atoms with E-state index >= 15 is 0 Å². The minimum Gasteiger partial charge on any atom is -0.356 e. The molecule has 1 saturated heterocycles. The number of aryl methyl sites for hydroxylation is 1. The molecule has 2 aliphatic rings. The fraction of sp³-hybridized carbons (Fsp3) is 0.765. The predicted octanol–water partition coefficient (Wildman–Crippen LogP) is 2.57. The number of hydrogen-bond donors (Lipinski definition) is 1. The fourth-order valence-electron chi connectivity index (χ4n) is 3.69. The molecule has 1 aromatic heterocycles. The van der Waals surface area contributed by atoms with E-state index in [4.69, 9.17) is 0 Å². The molecular weight excluding hydrogens is 260 g/mol. The van der Waals surface area contributed by atoms with Crippen LogP contribution >= 0.6 is 0 Å². The highest BCUT2D eigenvalue weighted by Crippen LogP contribution is 2.27. The van der Waals surface area contributed by atoms with Crippen LogP contribution in [0, 0.1) is 5.92 Å². The van der Waals surface area contributed by atoms with Crippen LogP contribution in [0.5, 0.6) is 0 Å². The fourth-order valence-corrected chi connectivity index (χ4v) is 3.69. The lowest BCUT2D eigenvalue weighted by Crippen LogP contribution is -2.37. The van der Waals surface area contributed by atoms with Crippen molar-refractivity contribution in [1.82, 2.24) is 15.3 Å². The summed E-state index contributed by atoms with van der Waals surface area (Å²) in [7, 11) is 0. The molecule has 4 nitrogen and oxygen atoms in total. The van der Waals surface area contributed by atoms with Gasteiger partial charge >= 0.3 is 0 Å². The van der Waals surface area contributed by atoms with Crippen LogP contribution in [0.15, 0.2) is 6.33 Å². The average molecular weight is 288 g/mol. The first-order chi connectivity index (χ1) is 10.4. The molecule has 3 rings (SSSR count). The van der Waals surface area contributed by atoms with Crippen molar-refractivity contribution in [2.45, 2.75) is 51.9 Å². The number of hydrogen-bond acceptors (Lipinski definition) is 4. The van der Waals surface area contributed by atoms with Crippen molar-refractivity contribution in [3.8, 4) is 0 Å². The quantitative estimate of drug-likeness (QED) is 0.865. The molecule has 4 heteroatoms. The Balaban J connectivity index is 1.79. The van der Waals surface area contributed by atoms with E-state index in [-0.39, 0.29) is 0 Å². The Morgan fingerprint density at radius 1 is 1.14 bits per heavy atom. The molecule has 0 unspecified atom stereocenters. The summed E-state index contributed by atoms with van der Waals surface area (Å²) < 4.78 is 0. The Bertz CT molecular complexity index is 454. The standard InChI is InChI=1S/C17H28N4/c1-2-21(12-14-8-10-18-11-9-14)17-15-6-4-3-5-7-16(15)19-13-20-17/h13-14,18H,2-12H2,1H3. The molecule has 116 valence electrons. The number of aromatic nitrogens is 2. The van der Waals surface area contributed by atoms with E-state index in [1.807, 2.05) is 0 Å². The second-order valence-electron chi connectivity index (χ2n) is 6.42. The third kappa shape index (κ3) is 3.54. The Hall–Kier alpha value is -1.16. The molecule has 1 aromatic rings. The molecule has 21 heavy (non-hydrogen) atoms. The first-order valence-electron chi connectivity index (χ1n) is 8.67. The normalized spacial score (nSPS) is 19.9. The van der Waals surface area contributed by atoms with Gasteiger partial charge < -0.3 is 10.2 Å². The van der Waals surface area contributed by atoms with Crippen molar-refractivity contribution >= 4 is 5.82 Å². The van der Waals surface area contributed by atoms with Crippen LogP contribution < -0.4 is 10.2 Å². The summed E-state index contributed by atoms with van der Waals surface area (Å²) in [6.45, 7) is 6.80. The van der Waals surface area contributed by atoms with E-state index in [2.05, 4.69) is 27.1 Å². The maximum atomic E-state index is 4.67. The largest absolute Gasteiger partial charge is 0.356 e. The molecular formula is C17H28N4. The SMILES string of the molecule is CCN(CC1CCNCC1)c1ncnc2c1CCCCC2. The van der Waals surface area contributed by atoms with Crippen molar-refractivity contribution in [3.05, 3.63) is 17.6 Å². The zero-order chi connectivity index (χ0) is 14.5. The molecule has 1 aliphatic heterocycles. The van der Waals surface area contributed by atoms with Crippen molar-refractivity contribution in [3.63, 3.8) is 0 Å². The van der Waals surface area contributed by atoms with Gasteiger partial charge in [0.1, 0.15) is 12.1 Å². The maximum absolute atomic E-state index is 4.67. The van der Waals surface area contributed by atoms with E-state index in [1.54, 1.807) is 6.33 Å². The van der Waals surface area contributed by atoms with Crippen LogP contribution in [0.2, 0.25) is 0 Å². The van der Waals surface area contributed by atoms with Gasteiger partial charge in [-0.25, -0.2) is 9.97 Å². The first-order valence-corrected chi connectivity index (χ1v) is 8.67. The summed E-state index contributed by atoms with van der Waals surface area (Å²) in [5.41, 5.74) is 2.74. The van der Waals surface area contributed by atoms with Crippen molar-refractivity contribution in [1.29, 1.82) is 0 Å². The third-order valence-corrected chi connectivity index (χ3v) is 4.97. The molecule has 0 bridgehead atoms. The van der Waals surface area contributed by atoms with Gasteiger partial charge in [0.05, 0.1) is 0 Å². The second-order valence-corrected chi connectivity index (χ2v) is 6.42. The maximum Gasteiger partial charge on any atom is 0.135 e. The van der Waals surface area contributed by atoms with Gasteiger partial charge in [-0.1, -0.05) is 6.42 Å². The topological polar surface area (TPSA) is 41.0 Å². The van der Waals surface area contributed by atoms with Gasteiger partial charge in [0.2, 0.25) is 0 Å². The average Bonchev–Trinajstić information content (AvgIpc) is 2.79. The van der Waals surface area contributed by atoms with E-state index in [9.17, 15) is 0 Å². The zero-order valence-corrected chi connectivity index (χ0v) is 13.3. The Morgan fingerprint density at radius 2 is 1.95 bits per heavy atom. The predicted molar refractivity (Wildman–Crippen MR) is 86.8 cm³/mol. The zero-order valence-electron chi connectivity index (χ0n) is 13.3. The van der Waals surface area contributed by atoms with Crippen LogP contribution in [0.4, 0.5) is 5.82 Å². The highest BCUT2D eigenvalue weighted by atomic mass is 15.2. The molecule has 0 spiro atoms. The summed E-state index contributed by atoms with van der Waals surface area (Å²) in [4.78, 5) is 11.7. The first kappa shape index (κ1) is 14.8. The van der Waals surface area contributed by atoms with Crippen LogP contribution in [-0.4, -0.2) is 36.1 Å². The molecule has 1 N–H and O–H groups in total. The summed E-state index contributed by atoms with van der Waals surface area (Å²) in [5.74, 6) is 2.03. The molecule has 1 aliphatic carbocycles. The molecule has 0 radical (unpaired) electrons. The van der Waals surface area contributed by atoms with Crippen LogP contribution in [-0.2, 0) is 12.8 Å². The molecule has 2 heterocycles. The van der Waals surface area contributed by atoms with Gasteiger partial charge in [0.25, 0.3) is 0 Å². The minimum atomic E-state index is 0.808. The van der Waals surface area contributed by atoms with Gasteiger partial charge in [0.15, 0.2) is 0 Å². The third-order valence-electron chi connectivity index (χ3n) is 4.97. The lowest BCUT2D eigenvalue weighted by atomic mass is 9.97. The van der Waals surface area contributed by atoms with Crippen molar-refractivity contribution < 1.29 is 0 Å². The minimum absolute atomic E-state index is 0.808. The number of nitrogens with one attached hydrogen (secondary N) is 1. The van der Waals surface area contributed by atoms with Gasteiger partial charge in [-0.05, 0) is 64.5 Å². The number of nitrogens with zero attached hydrogens (tertiary/aromatic N) is 3. The summed E-state index contributed by atoms with van der Waals surface area (Å²) in [6, 6.07) is 0. The number of anilines is 1. The van der Waals surface area contributed by atoms with Crippen molar-refractivity contribution in [2.75, 3.05) is 31.1 Å². The Kier molecular flexibility index (Phi) is 5.07. The highest BCUT2D eigenvalue weighted by Gasteiger charge is 2.21. The Morgan fingerprint density at radius 3 is 2.76 bits per heavy atom. The monoisotopic (exact) mass is 288 g/mol. The van der Waals surface area contributed by atoms with Gasteiger partial charge in [-0.3, -0.25) is 0 Å². The Labute approximate surface area is 128 Å². The molecule has 0 amide bonds. The molecule has 0 aromatic carbocycles. The molecule has 0 saturated carbocycles. The van der Waals surface area contributed by atoms with Gasteiger partial charge in [-0.15, -0.1) is 0 Å². The number of piperidine rings is 1. The smallest absolute Gasteiger partial charge is 0.135 e. The van der Waals surface area contributed by atoms with Crippen molar-refractivity contribution in [2.24, 2.45) is 5.92 Å². The van der Waals surface area contributed by atoms with Crippen LogP contribution in [0.25, 0.3) is 0 Å². The molecule has 0 atom stereocenters. The summed E-state index contributed by atoms with van der Waals surface area (Å²) in [5, 5.41) is 3.46. The molecule has 1 fully saturated rings. The highest BCUT2D eigenvalue weighted by molar-refractivity contribution is 5.49. The summed E-state index contributed by atoms with van der Waals surface area (Å²) in [6.07, 6.45) is 10.6. The van der Waals surface area contributed by atoms with Gasteiger partial charge in [0, 0.05) is 24.3 Å². The lowest BCUT2D eigenvalue weighted by Gasteiger charge is -2.31. The van der Waals surface area contributed by atoms with Gasteiger partial charge in [-0.2, -0.15) is 0 Å². The van der Waals surface area contributed by atoms with Crippen LogP contribution in [0.1, 0.15) is 50.3 Å².